The summed E-state index contributed by atoms with van der Waals surface area (Å²) in [7, 11) is 0. The maximum Gasteiger partial charge on any atom is 0.262 e. The van der Waals surface area contributed by atoms with Gasteiger partial charge in [-0.05, 0) is 36.1 Å². The van der Waals surface area contributed by atoms with Crippen LogP contribution in [0.4, 0.5) is 5.69 Å². The van der Waals surface area contributed by atoms with Crippen molar-refractivity contribution in [3.8, 4) is 5.75 Å². The fourth-order valence-electron chi connectivity index (χ4n) is 3.71. The normalized spacial score (nSPS) is 13.2. The summed E-state index contributed by atoms with van der Waals surface area (Å²) >= 11 is 0. The van der Waals surface area contributed by atoms with Gasteiger partial charge < -0.3 is 10.1 Å². The van der Waals surface area contributed by atoms with Gasteiger partial charge in [0.25, 0.3) is 5.91 Å². The number of anilines is 1. The molecular formula is C26H23NO4. The number of ether oxygens (including phenoxy) is 1. The Labute approximate surface area is 181 Å². The van der Waals surface area contributed by atoms with Crippen LogP contribution in [0.5, 0.6) is 5.75 Å². The standard InChI is InChI=1S/C26H23NO4/c1-3-16(2)17-11-13-18(14-12-17)31-15-23(28)27-22-10-6-9-21-24(22)26(30)20-8-5-4-7-19(20)25(21)29/h4-14,16H,3,15H2,1-2H3,(H,27,28). The second-order valence-electron chi connectivity index (χ2n) is 7.65. The van der Waals surface area contributed by atoms with Crippen molar-refractivity contribution in [2.24, 2.45) is 0 Å². The Morgan fingerprint density at radius 3 is 2.19 bits per heavy atom. The molecule has 1 atom stereocenters. The Morgan fingerprint density at radius 1 is 0.871 bits per heavy atom. The average molecular weight is 413 g/mol. The largest absolute Gasteiger partial charge is 0.484 e. The van der Waals surface area contributed by atoms with E-state index in [2.05, 4.69) is 19.2 Å². The minimum atomic E-state index is -0.404. The molecule has 0 bridgehead atoms. The highest BCUT2D eigenvalue weighted by molar-refractivity contribution is 6.30. The molecule has 1 aliphatic rings. The quantitative estimate of drug-likeness (QED) is 0.483. The highest BCUT2D eigenvalue weighted by atomic mass is 16.5. The Morgan fingerprint density at radius 2 is 1.52 bits per heavy atom. The summed E-state index contributed by atoms with van der Waals surface area (Å²) in [5, 5.41) is 2.72. The molecule has 3 aromatic carbocycles. The van der Waals surface area contributed by atoms with Crippen molar-refractivity contribution >= 4 is 23.2 Å². The van der Waals surface area contributed by atoms with E-state index in [1.54, 1.807) is 42.5 Å². The van der Waals surface area contributed by atoms with Gasteiger partial charge in [0.15, 0.2) is 18.2 Å². The van der Waals surface area contributed by atoms with Crippen molar-refractivity contribution < 1.29 is 19.1 Å². The van der Waals surface area contributed by atoms with Crippen molar-refractivity contribution in [1.29, 1.82) is 0 Å². The number of fused-ring (bicyclic) bond motifs is 2. The SMILES string of the molecule is CCC(C)c1ccc(OCC(=O)Nc2cccc3c2C(=O)c2ccccc2C3=O)cc1. The third-order valence-electron chi connectivity index (χ3n) is 5.66. The molecule has 0 saturated heterocycles. The van der Waals surface area contributed by atoms with Crippen molar-refractivity contribution in [2.45, 2.75) is 26.2 Å². The van der Waals surface area contributed by atoms with Crippen molar-refractivity contribution in [3.05, 3.63) is 94.5 Å². The molecule has 0 aliphatic heterocycles. The van der Waals surface area contributed by atoms with E-state index in [-0.39, 0.29) is 23.7 Å². The molecule has 3 aromatic rings. The van der Waals surface area contributed by atoms with Gasteiger partial charge in [0.2, 0.25) is 0 Å². The lowest BCUT2D eigenvalue weighted by Crippen LogP contribution is -2.25. The van der Waals surface area contributed by atoms with Gasteiger partial charge in [-0.15, -0.1) is 0 Å². The van der Waals surface area contributed by atoms with E-state index >= 15 is 0 Å². The summed E-state index contributed by atoms with van der Waals surface area (Å²) in [5.41, 5.74) is 2.78. The fraction of sp³-hybridized carbons (Fsp3) is 0.192. The molecule has 5 nitrogen and oxygen atoms in total. The molecule has 0 aromatic heterocycles. The predicted octanol–water partition coefficient (Wildman–Crippen LogP) is 4.99. The first-order valence-corrected chi connectivity index (χ1v) is 10.3. The van der Waals surface area contributed by atoms with E-state index < -0.39 is 5.91 Å². The van der Waals surface area contributed by atoms with Crippen LogP contribution in [-0.4, -0.2) is 24.1 Å². The number of nitrogens with one attached hydrogen (secondary N) is 1. The van der Waals surface area contributed by atoms with Gasteiger partial charge >= 0.3 is 0 Å². The zero-order chi connectivity index (χ0) is 22.0. The first-order chi connectivity index (χ1) is 15.0. The lowest BCUT2D eigenvalue weighted by molar-refractivity contribution is -0.118. The predicted molar refractivity (Wildman–Crippen MR) is 119 cm³/mol. The van der Waals surface area contributed by atoms with E-state index in [1.165, 1.54) is 5.56 Å². The highest BCUT2D eigenvalue weighted by Crippen LogP contribution is 2.32. The fourth-order valence-corrected chi connectivity index (χ4v) is 3.71. The smallest absolute Gasteiger partial charge is 0.262 e. The lowest BCUT2D eigenvalue weighted by Gasteiger charge is -2.20. The van der Waals surface area contributed by atoms with Crippen LogP contribution in [0, 0.1) is 0 Å². The van der Waals surface area contributed by atoms with Crippen LogP contribution in [0.15, 0.2) is 66.7 Å². The second kappa shape index (κ2) is 8.56. The summed E-state index contributed by atoms with van der Waals surface area (Å²) < 4.78 is 5.59. The topological polar surface area (TPSA) is 72.5 Å². The first kappa shape index (κ1) is 20.5. The van der Waals surface area contributed by atoms with E-state index in [9.17, 15) is 14.4 Å². The Balaban J connectivity index is 1.49. The van der Waals surface area contributed by atoms with Gasteiger partial charge in [-0.2, -0.15) is 0 Å². The van der Waals surface area contributed by atoms with Gasteiger partial charge in [-0.1, -0.05) is 62.4 Å². The van der Waals surface area contributed by atoms with Crippen LogP contribution in [0.3, 0.4) is 0 Å². The van der Waals surface area contributed by atoms with Gasteiger partial charge in [-0.3, -0.25) is 14.4 Å². The molecule has 0 heterocycles. The number of carbonyl (C=O) groups is 3. The zero-order valence-corrected chi connectivity index (χ0v) is 17.5. The van der Waals surface area contributed by atoms with Crippen LogP contribution >= 0.6 is 0 Å². The molecule has 5 heteroatoms. The molecule has 0 fully saturated rings. The summed E-state index contributed by atoms with van der Waals surface area (Å²) in [5.74, 6) is 0.157. The monoisotopic (exact) mass is 413 g/mol. The maximum absolute atomic E-state index is 13.0. The molecule has 1 N–H and O–H groups in total. The number of rotatable bonds is 6. The second-order valence-corrected chi connectivity index (χ2v) is 7.65. The molecule has 1 aliphatic carbocycles. The Kier molecular flexibility index (Phi) is 5.67. The van der Waals surface area contributed by atoms with E-state index in [0.29, 0.717) is 34.0 Å². The van der Waals surface area contributed by atoms with E-state index in [1.807, 2.05) is 24.3 Å². The third kappa shape index (κ3) is 3.99. The minimum absolute atomic E-state index is 0.203. The van der Waals surface area contributed by atoms with Crippen LogP contribution in [-0.2, 0) is 4.79 Å². The molecule has 0 spiro atoms. The van der Waals surface area contributed by atoms with Gasteiger partial charge in [-0.25, -0.2) is 0 Å². The zero-order valence-electron chi connectivity index (χ0n) is 17.5. The summed E-state index contributed by atoms with van der Waals surface area (Å²) in [6, 6.07) is 19.3. The number of ketones is 2. The van der Waals surface area contributed by atoms with Crippen LogP contribution in [0.2, 0.25) is 0 Å². The average Bonchev–Trinajstić information content (AvgIpc) is 2.81. The lowest BCUT2D eigenvalue weighted by atomic mass is 9.83. The number of amides is 1. The summed E-state index contributed by atoms with van der Waals surface area (Å²) in [4.78, 5) is 38.3. The first-order valence-electron chi connectivity index (χ1n) is 10.3. The summed E-state index contributed by atoms with van der Waals surface area (Å²) in [6.07, 6.45) is 1.05. The van der Waals surface area contributed by atoms with Crippen molar-refractivity contribution in [2.75, 3.05) is 11.9 Å². The van der Waals surface area contributed by atoms with Gasteiger partial charge in [0.05, 0.1) is 11.3 Å². The van der Waals surface area contributed by atoms with Gasteiger partial charge in [0.1, 0.15) is 5.75 Å². The molecule has 1 amide bonds. The Bertz CT molecular complexity index is 1160. The van der Waals surface area contributed by atoms with Crippen LogP contribution in [0.25, 0.3) is 0 Å². The van der Waals surface area contributed by atoms with Gasteiger partial charge in [0, 0.05) is 16.7 Å². The van der Waals surface area contributed by atoms with Crippen LogP contribution < -0.4 is 10.1 Å². The molecule has 0 saturated carbocycles. The van der Waals surface area contributed by atoms with E-state index in [0.717, 1.165) is 6.42 Å². The molecule has 156 valence electrons. The number of hydrogen-bond donors (Lipinski definition) is 1. The van der Waals surface area contributed by atoms with E-state index in [4.69, 9.17) is 4.74 Å². The van der Waals surface area contributed by atoms with Crippen molar-refractivity contribution in [1.82, 2.24) is 0 Å². The molecule has 1 unspecified atom stereocenters. The molecule has 31 heavy (non-hydrogen) atoms. The van der Waals surface area contributed by atoms with Crippen LogP contribution in [0.1, 0.15) is 63.6 Å². The molecular weight excluding hydrogens is 390 g/mol. The maximum atomic E-state index is 13.0. The third-order valence-corrected chi connectivity index (χ3v) is 5.66. The Hall–Kier alpha value is -3.73. The number of hydrogen-bond acceptors (Lipinski definition) is 4. The molecule has 4 rings (SSSR count). The highest BCUT2D eigenvalue weighted by Gasteiger charge is 2.31. The van der Waals surface area contributed by atoms with Crippen molar-refractivity contribution in [3.63, 3.8) is 0 Å². The summed E-state index contributed by atoms with van der Waals surface area (Å²) in [6.45, 7) is 4.10. The molecule has 0 radical (unpaired) electrons. The number of benzene rings is 3. The minimum Gasteiger partial charge on any atom is -0.484 e. The number of carbonyl (C=O) groups excluding carboxylic acids is 3.